The highest BCUT2D eigenvalue weighted by Gasteiger charge is 2.03. The van der Waals surface area contributed by atoms with Crippen molar-refractivity contribution < 1.29 is 9.53 Å². The number of carbonyl (C=O) groups is 1. The quantitative estimate of drug-likeness (QED) is 0.561. The number of ether oxygens (including phenoxy) is 1. The second kappa shape index (κ2) is 5.29. The van der Waals surface area contributed by atoms with Crippen LogP contribution in [0, 0.1) is 6.92 Å². The first-order chi connectivity index (χ1) is 7.13. The number of pyridine rings is 1. The van der Waals surface area contributed by atoms with Crippen LogP contribution in [0.3, 0.4) is 0 Å². The number of aryl methyl sites for hydroxylation is 1. The third-order valence-electron chi connectivity index (χ3n) is 1.91. The summed E-state index contributed by atoms with van der Waals surface area (Å²) in [5, 5.41) is 0. The van der Waals surface area contributed by atoms with Crippen LogP contribution >= 0.6 is 0 Å². The van der Waals surface area contributed by atoms with E-state index >= 15 is 0 Å². The Balaban J connectivity index is 2.78. The second-order valence-corrected chi connectivity index (χ2v) is 3.28. The van der Waals surface area contributed by atoms with Crippen LogP contribution in [-0.2, 0) is 9.53 Å². The van der Waals surface area contributed by atoms with Gasteiger partial charge in [0.25, 0.3) is 0 Å². The SMILES string of the molecule is CCOC(=O)/C(C)=C/c1ccc(C)nc1. The molecule has 0 unspecified atom stereocenters. The van der Waals surface area contributed by atoms with Gasteiger partial charge in [-0.1, -0.05) is 6.07 Å². The molecule has 0 aromatic carbocycles. The molecule has 0 aliphatic carbocycles. The van der Waals surface area contributed by atoms with Gasteiger partial charge in [0.2, 0.25) is 0 Å². The fourth-order valence-corrected chi connectivity index (χ4v) is 1.12. The molecule has 0 atom stereocenters. The molecule has 0 radical (unpaired) electrons. The van der Waals surface area contributed by atoms with Crippen molar-refractivity contribution in [3.8, 4) is 0 Å². The summed E-state index contributed by atoms with van der Waals surface area (Å²) in [5.41, 5.74) is 2.45. The molecular weight excluding hydrogens is 190 g/mol. The van der Waals surface area contributed by atoms with Crippen molar-refractivity contribution in [2.45, 2.75) is 20.8 Å². The molecule has 15 heavy (non-hydrogen) atoms. The smallest absolute Gasteiger partial charge is 0.333 e. The molecule has 0 spiro atoms. The summed E-state index contributed by atoms with van der Waals surface area (Å²) in [4.78, 5) is 15.4. The number of carbonyl (C=O) groups excluding carboxylic acids is 1. The van der Waals surface area contributed by atoms with E-state index in [0.717, 1.165) is 11.3 Å². The fourth-order valence-electron chi connectivity index (χ4n) is 1.12. The largest absolute Gasteiger partial charge is 0.463 e. The summed E-state index contributed by atoms with van der Waals surface area (Å²) in [5.74, 6) is -0.280. The normalized spacial score (nSPS) is 11.3. The molecule has 1 aromatic heterocycles. The third-order valence-corrected chi connectivity index (χ3v) is 1.91. The number of aromatic nitrogens is 1. The van der Waals surface area contributed by atoms with E-state index in [9.17, 15) is 4.79 Å². The molecule has 1 heterocycles. The molecule has 3 heteroatoms. The maximum atomic E-state index is 11.3. The number of hydrogen-bond acceptors (Lipinski definition) is 3. The van der Waals surface area contributed by atoms with Crippen LogP contribution in [0.4, 0.5) is 0 Å². The number of hydrogen-bond donors (Lipinski definition) is 0. The topological polar surface area (TPSA) is 39.2 Å². The van der Waals surface area contributed by atoms with E-state index in [0.29, 0.717) is 12.2 Å². The van der Waals surface area contributed by atoms with Crippen molar-refractivity contribution in [1.29, 1.82) is 0 Å². The lowest BCUT2D eigenvalue weighted by Crippen LogP contribution is -2.04. The van der Waals surface area contributed by atoms with Gasteiger partial charge in [-0.2, -0.15) is 0 Å². The van der Waals surface area contributed by atoms with E-state index in [1.807, 2.05) is 19.1 Å². The van der Waals surface area contributed by atoms with Crippen LogP contribution in [0.5, 0.6) is 0 Å². The average molecular weight is 205 g/mol. The highest BCUT2D eigenvalue weighted by atomic mass is 16.5. The van der Waals surface area contributed by atoms with E-state index in [4.69, 9.17) is 4.74 Å². The van der Waals surface area contributed by atoms with Crippen molar-refractivity contribution in [2.75, 3.05) is 6.61 Å². The molecule has 0 aliphatic rings. The Morgan fingerprint density at radius 3 is 2.80 bits per heavy atom. The Bertz CT molecular complexity index is 366. The summed E-state index contributed by atoms with van der Waals surface area (Å²) in [6, 6.07) is 3.83. The average Bonchev–Trinajstić information content (AvgIpc) is 2.22. The lowest BCUT2D eigenvalue weighted by Gasteiger charge is -2.01. The predicted molar refractivity (Wildman–Crippen MR) is 59.3 cm³/mol. The lowest BCUT2D eigenvalue weighted by atomic mass is 10.2. The van der Waals surface area contributed by atoms with Crippen LogP contribution in [0.1, 0.15) is 25.1 Å². The first kappa shape index (κ1) is 11.4. The van der Waals surface area contributed by atoms with Crippen molar-refractivity contribution in [3.05, 3.63) is 35.2 Å². The molecule has 0 amide bonds. The van der Waals surface area contributed by atoms with E-state index in [-0.39, 0.29) is 5.97 Å². The van der Waals surface area contributed by atoms with Gasteiger partial charge in [-0.25, -0.2) is 4.79 Å². The summed E-state index contributed by atoms with van der Waals surface area (Å²) in [7, 11) is 0. The minimum absolute atomic E-state index is 0.280. The predicted octanol–water partition coefficient (Wildman–Crippen LogP) is 2.36. The highest BCUT2D eigenvalue weighted by Crippen LogP contribution is 2.07. The monoisotopic (exact) mass is 205 g/mol. The van der Waals surface area contributed by atoms with Gasteiger partial charge in [0.15, 0.2) is 0 Å². The Morgan fingerprint density at radius 1 is 1.53 bits per heavy atom. The molecule has 0 saturated carbocycles. The molecule has 1 rings (SSSR count). The Kier molecular flexibility index (Phi) is 4.03. The zero-order valence-electron chi connectivity index (χ0n) is 9.28. The van der Waals surface area contributed by atoms with E-state index in [2.05, 4.69) is 4.98 Å². The maximum Gasteiger partial charge on any atom is 0.333 e. The molecule has 0 fully saturated rings. The lowest BCUT2D eigenvalue weighted by molar-refractivity contribution is -0.138. The minimum Gasteiger partial charge on any atom is -0.463 e. The summed E-state index contributed by atoms with van der Waals surface area (Å²) >= 11 is 0. The molecule has 0 saturated heterocycles. The summed E-state index contributed by atoms with van der Waals surface area (Å²) in [6.07, 6.45) is 3.50. The standard InChI is InChI=1S/C12H15NO2/c1-4-15-12(14)9(2)7-11-6-5-10(3)13-8-11/h5-8H,4H2,1-3H3/b9-7+. The molecule has 3 nitrogen and oxygen atoms in total. The first-order valence-corrected chi connectivity index (χ1v) is 4.91. The van der Waals surface area contributed by atoms with Crippen LogP contribution in [0.25, 0.3) is 6.08 Å². The van der Waals surface area contributed by atoms with Gasteiger partial charge in [-0.3, -0.25) is 4.98 Å². The fraction of sp³-hybridized carbons (Fsp3) is 0.333. The molecular formula is C12H15NO2. The molecule has 0 aliphatic heterocycles. The van der Waals surface area contributed by atoms with Gasteiger partial charge in [0, 0.05) is 17.5 Å². The molecule has 80 valence electrons. The molecule has 1 aromatic rings. The molecule has 0 N–H and O–H groups in total. The Hall–Kier alpha value is -1.64. The number of nitrogens with zero attached hydrogens (tertiary/aromatic N) is 1. The van der Waals surface area contributed by atoms with Gasteiger partial charge in [-0.15, -0.1) is 0 Å². The van der Waals surface area contributed by atoms with E-state index in [1.165, 1.54) is 0 Å². The van der Waals surface area contributed by atoms with Gasteiger partial charge in [-0.05, 0) is 38.5 Å². The summed E-state index contributed by atoms with van der Waals surface area (Å²) < 4.78 is 4.87. The van der Waals surface area contributed by atoms with Crippen LogP contribution in [-0.4, -0.2) is 17.6 Å². The van der Waals surface area contributed by atoms with Crippen molar-refractivity contribution in [1.82, 2.24) is 4.98 Å². The first-order valence-electron chi connectivity index (χ1n) is 4.91. The number of rotatable bonds is 3. The highest BCUT2D eigenvalue weighted by molar-refractivity contribution is 5.92. The van der Waals surface area contributed by atoms with E-state index in [1.54, 1.807) is 26.1 Å². The van der Waals surface area contributed by atoms with Gasteiger partial charge >= 0.3 is 5.97 Å². The Morgan fingerprint density at radius 2 is 2.27 bits per heavy atom. The van der Waals surface area contributed by atoms with E-state index < -0.39 is 0 Å². The van der Waals surface area contributed by atoms with Crippen LogP contribution in [0.15, 0.2) is 23.9 Å². The van der Waals surface area contributed by atoms with Gasteiger partial charge in [0.1, 0.15) is 0 Å². The van der Waals surface area contributed by atoms with Crippen molar-refractivity contribution in [2.24, 2.45) is 0 Å². The number of esters is 1. The van der Waals surface area contributed by atoms with Gasteiger partial charge < -0.3 is 4.74 Å². The Labute approximate surface area is 89.8 Å². The van der Waals surface area contributed by atoms with Crippen molar-refractivity contribution >= 4 is 12.0 Å². The summed E-state index contributed by atoms with van der Waals surface area (Å²) in [6.45, 7) is 5.85. The zero-order valence-corrected chi connectivity index (χ0v) is 9.28. The van der Waals surface area contributed by atoms with Crippen LogP contribution in [0.2, 0.25) is 0 Å². The zero-order chi connectivity index (χ0) is 11.3. The minimum atomic E-state index is -0.280. The third kappa shape index (κ3) is 3.54. The van der Waals surface area contributed by atoms with Gasteiger partial charge in [0.05, 0.1) is 6.61 Å². The van der Waals surface area contributed by atoms with Crippen LogP contribution < -0.4 is 0 Å². The second-order valence-electron chi connectivity index (χ2n) is 3.28. The molecule has 0 bridgehead atoms. The maximum absolute atomic E-state index is 11.3. The van der Waals surface area contributed by atoms with Crippen molar-refractivity contribution in [3.63, 3.8) is 0 Å².